The molecule has 1 aliphatic rings. The van der Waals surface area contributed by atoms with Crippen molar-refractivity contribution in [2.75, 3.05) is 12.0 Å². The number of Topliss-reactive ketones (excluding diaryl/α,β-unsaturated/α-hetero) is 1. The fraction of sp³-hybridized carbons (Fsp3) is 0.200. The van der Waals surface area contributed by atoms with Crippen molar-refractivity contribution >= 4 is 56.5 Å². The van der Waals surface area contributed by atoms with E-state index < -0.39 is 29.3 Å². The number of benzene rings is 4. The number of aliphatic hydroxyl groups excluding tert-OH is 1. The summed E-state index contributed by atoms with van der Waals surface area (Å²) in [5.41, 5.74) is 2.55. The number of hydrogen-bond donors (Lipinski definition) is 1. The Kier molecular flexibility index (Phi) is 8.20. The molecule has 1 N–H and O–H groups in total. The molecule has 7 nitrogen and oxygen atoms in total. The molecule has 10 heteroatoms. The number of methoxy groups -OCH3 is 1. The molecule has 5 aromatic rings. The monoisotopic (exact) mass is 639 g/mol. The van der Waals surface area contributed by atoms with E-state index >= 15 is 0 Å². The molecular formula is C35H30FN3O4S2. The van der Waals surface area contributed by atoms with Crippen LogP contribution in [-0.4, -0.2) is 34.1 Å². The molecule has 1 aromatic heterocycles. The fourth-order valence-electron chi connectivity index (χ4n) is 5.40. The lowest BCUT2D eigenvalue weighted by Gasteiger charge is -2.24. The maximum atomic E-state index is 14.6. The van der Waals surface area contributed by atoms with E-state index in [0.717, 1.165) is 28.0 Å². The fourth-order valence-corrected chi connectivity index (χ4v) is 7.27. The molecule has 2 heterocycles. The molecule has 1 fully saturated rings. The molecule has 4 aromatic carbocycles. The van der Waals surface area contributed by atoms with Gasteiger partial charge >= 0.3 is 5.91 Å². The molecule has 1 unspecified atom stereocenters. The van der Waals surface area contributed by atoms with Gasteiger partial charge in [0.2, 0.25) is 5.13 Å². The van der Waals surface area contributed by atoms with Gasteiger partial charge in [0.25, 0.3) is 5.78 Å². The Hall–Kier alpha value is -4.54. The number of carbonyl (C=O) groups excluding carboxylic acids is 2. The molecule has 228 valence electrons. The van der Waals surface area contributed by atoms with E-state index in [4.69, 9.17) is 4.74 Å². The van der Waals surface area contributed by atoms with Gasteiger partial charge in [0.1, 0.15) is 5.76 Å². The summed E-state index contributed by atoms with van der Waals surface area (Å²) in [5.74, 6) is -2.32. The predicted molar refractivity (Wildman–Crippen MR) is 176 cm³/mol. The third kappa shape index (κ3) is 5.83. The second-order valence-corrected chi connectivity index (χ2v) is 13.8. The summed E-state index contributed by atoms with van der Waals surface area (Å²) in [7, 11) is 1.33. The first-order chi connectivity index (χ1) is 21.6. The van der Waals surface area contributed by atoms with E-state index in [1.807, 2.05) is 42.5 Å². The average molecular weight is 640 g/mol. The Morgan fingerprint density at radius 3 is 2.44 bits per heavy atom. The van der Waals surface area contributed by atoms with E-state index in [-0.39, 0.29) is 27.4 Å². The summed E-state index contributed by atoms with van der Waals surface area (Å²) >= 11 is 2.68. The third-order valence-corrected chi connectivity index (χ3v) is 9.90. The predicted octanol–water partition coefficient (Wildman–Crippen LogP) is 8.06. The number of aromatic nitrogens is 2. The normalized spacial score (nSPS) is 16.5. The van der Waals surface area contributed by atoms with Crippen LogP contribution in [0.15, 0.2) is 94.8 Å². The number of amides is 1. The molecule has 0 bridgehead atoms. The van der Waals surface area contributed by atoms with Gasteiger partial charge in [-0.3, -0.25) is 14.5 Å². The SMILES string of the molecule is COc1ccc(/C(O)=C2/C(=O)C(=O)N(c3nnc(SCc4cccc5ccccc45)s3)C2c2ccc(C(C)(C)C)cc2)cc1F. The van der Waals surface area contributed by atoms with E-state index in [1.54, 1.807) is 0 Å². The maximum absolute atomic E-state index is 14.6. The highest BCUT2D eigenvalue weighted by Gasteiger charge is 2.48. The quantitative estimate of drug-likeness (QED) is 0.0633. The molecule has 45 heavy (non-hydrogen) atoms. The van der Waals surface area contributed by atoms with Crippen molar-refractivity contribution in [2.24, 2.45) is 0 Å². The van der Waals surface area contributed by atoms with Crippen LogP contribution < -0.4 is 9.64 Å². The summed E-state index contributed by atoms with van der Waals surface area (Å²) in [6, 6.07) is 24.7. The van der Waals surface area contributed by atoms with Gasteiger partial charge in [-0.05, 0) is 51.1 Å². The molecule has 6 rings (SSSR count). The summed E-state index contributed by atoms with van der Waals surface area (Å²) in [6.45, 7) is 6.26. The van der Waals surface area contributed by atoms with Crippen LogP contribution in [0.5, 0.6) is 5.75 Å². The average Bonchev–Trinajstić information content (AvgIpc) is 3.60. The van der Waals surface area contributed by atoms with Gasteiger partial charge in [0.05, 0.1) is 18.7 Å². The van der Waals surface area contributed by atoms with Crippen molar-refractivity contribution in [3.63, 3.8) is 0 Å². The van der Waals surface area contributed by atoms with Gasteiger partial charge in [0.15, 0.2) is 15.9 Å². The number of thioether (sulfide) groups is 1. The van der Waals surface area contributed by atoms with E-state index in [9.17, 15) is 19.1 Å². The Morgan fingerprint density at radius 2 is 1.73 bits per heavy atom. The van der Waals surface area contributed by atoms with E-state index in [0.29, 0.717) is 15.7 Å². The third-order valence-electron chi connectivity index (χ3n) is 7.80. The molecular weight excluding hydrogens is 610 g/mol. The van der Waals surface area contributed by atoms with Gasteiger partial charge in [-0.2, -0.15) is 0 Å². The van der Waals surface area contributed by atoms with Crippen LogP contribution in [0.1, 0.15) is 49.1 Å². The Bertz CT molecular complexity index is 1960. The van der Waals surface area contributed by atoms with Crippen LogP contribution in [0, 0.1) is 5.82 Å². The highest BCUT2D eigenvalue weighted by molar-refractivity contribution is 8.00. The molecule has 0 aliphatic carbocycles. The molecule has 1 atom stereocenters. The number of rotatable bonds is 7. The van der Waals surface area contributed by atoms with E-state index in [1.165, 1.54) is 47.2 Å². The van der Waals surface area contributed by atoms with Gasteiger partial charge in [-0.25, -0.2) is 4.39 Å². The highest BCUT2D eigenvalue weighted by Crippen LogP contribution is 2.44. The van der Waals surface area contributed by atoms with Crippen molar-refractivity contribution in [3.05, 3.63) is 119 Å². The first kappa shape index (κ1) is 30.5. The molecule has 1 aliphatic heterocycles. The molecule has 1 saturated heterocycles. The largest absolute Gasteiger partial charge is 0.507 e. The summed E-state index contributed by atoms with van der Waals surface area (Å²) < 4.78 is 20.3. The van der Waals surface area contributed by atoms with Gasteiger partial charge in [-0.1, -0.05) is 111 Å². The van der Waals surface area contributed by atoms with Crippen LogP contribution in [0.2, 0.25) is 0 Å². The van der Waals surface area contributed by atoms with Crippen molar-refractivity contribution in [3.8, 4) is 5.75 Å². The number of halogens is 1. The van der Waals surface area contributed by atoms with Gasteiger partial charge < -0.3 is 9.84 Å². The minimum Gasteiger partial charge on any atom is -0.507 e. The van der Waals surface area contributed by atoms with Crippen LogP contribution in [-0.2, 0) is 20.8 Å². The molecule has 0 spiro atoms. The lowest BCUT2D eigenvalue weighted by atomic mass is 9.85. The zero-order valence-electron chi connectivity index (χ0n) is 25.1. The number of fused-ring (bicyclic) bond motifs is 1. The minimum atomic E-state index is -1.01. The first-order valence-electron chi connectivity index (χ1n) is 14.2. The summed E-state index contributed by atoms with van der Waals surface area (Å²) in [5, 5.41) is 22.6. The molecule has 1 amide bonds. The van der Waals surface area contributed by atoms with Gasteiger partial charge in [0, 0.05) is 11.3 Å². The van der Waals surface area contributed by atoms with Crippen molar-refractivity contribution in [1.82, 2.24) is 10.2 Å². The number of ether oxygens (including phenoxy) is 1. The van der Waals surface area contributed by atoms with Crippen LogP contribution in [0.25, 0.3) is 16.5 Å². The number of ketones is 1. The topological polar surface area (TPSA) is 92.6 Å². The second kappa shape index (κ2) is 12.1. The number of anilines is 1. The number of hydrogen-bond acceptors (Lipinski definition) is 8. The summed E-state index contributed by atoms with van der Waals surface area (Å²) in [6.07, 6.45) is 0. The zero-order chi connectivity index (χ0) is 31.9. The van der Waals surface area contributed by atoms with Crippen molar-refractivity contribution < 1.29 is 23.8 Å². The van der Waals surface area contributed by atoms with Crippen LogP contribution >= 0.6 is 23.1 Å². The number of aliphatic hydroxyl groups is 1. The minimum absolute atomic E-state index is 0.0105. The van der Waals surface area contributed by atoms with Crippen molar-refractivity contribution in [2.45, 2.75) is 42.3 Å². The maximum Gasteiger partial charge on any atom is 0.301 e. The number of carbonyl (C=O) groups is 2. The zero-order valence-corrected chi connectivity index (χ0v) is 26.7. The van der Waals surface area contributed by atoms with Crippen LogP contribution in [0.3, 0.4) is 0 Å². The Labute approximate surface area is 268 Å². The lowest BCUT2D eigenvalue weighted by Crippen LogP contribution is -2.29. The molecule has 0 saturated carbocycles. The standard InChI is InChI=1S/C35H30FN3O4S2/c1-35(2,3)24-15-12-21(13-16-24)29-28(30(40)22-14-17-27(43-4)26(36)18-22)31(41)32(42)39(29)33-37-38-34(45-33)44-19-23-10-7-9-20-8-5-6-11-25(20)23/h5-18,29,40H,19H2,1-4H3/b30-28-. The Balaban J connectivity index is 1.39. The Morgan fingerprint density at radius 1 is 1.00 bits per heavy atom. The van der Waals surface area contributed by atoms with E-state index in [2.05, 4.69) is 55.2 Å². The highest BCUT2D eigenvalue weighted by atomic mass is 32.2. The smallest absolute Gasteiger partial charge is 0.301 e. The second-order valence-electron chi connectivity index (χ2n) is 11.7. The first-order valence-corrected chi connectivity index (χ1v) is 16.1. The van der Waals surface area contributed by atoms with Gasteiger partial charge in [-0.15, -0.1) is 10.2 Å². The van der Waals surface area contributed by atoms with Crippen LogP contribution in [0.4, 0.5) is 9.52 Å². The summed E-state index contributed by atoms with van der Waals surface area (Å²) in [4.78, 5) is 28.5. The number of nitrogens with zero attached hydrogens (tertiary/aromatic N) is 3. The lowest BCUT2D eigenvalue weighted by molar-refractivity contribution is -0.132. The van der Waals surface area contributed by atoms with Crippen molar-refractivity contribution in [1.29, 1.82) is 0 Å². The molecule has 0 radical (unpaired) electrons.